The number of rotatable bonds is 4. The maximum Gasteiger partial charge on any atom is 0.417 e. The number of aromatic nitrogens is 2. The molecule has 0 radical (unpaired) electrons. The third kappa shape index (κ3) is 4.67. The minimum absolute atomic E-state index is 0.229. The van der Waals surface area contributed by atoms with Gasteiger partial charge in [0.15, 0.2) is 23.2 Å². The molecule has 0 atom stereocenters. The SMILES string of the molecule is O=C(Nc1cc(F)c(F)c(C(=O)c2ccc3nccnc3c2)c1F)c1ccc(Cl)c(C(F)(F)F)c1. The largest absolute Gasteiger partial charge is 0.417 e. The summed E-state index contributed by atoms with van der Waals surface area (Å²) in [5.74, 6) is -7.63. The maximum atomic E-state index is 15.1. The summed E-state index contributed by atoms with van der Waals surface area (Å²) in [6.45, 7) is 0. The van der Waals surface area contributed by atoms with Gasteiger partial charge in [-0.1, -0.05) is 11.6 Å². The summed E-state index contributed by atoms with van der Waals surface area (Å²) in [7, 11) is 0. The first-order chi connectivity index (χ1) is 16.5. The van der Waals surface area contributed by atoms with Crippen LogP contribution in [0.4, 0.5) is 32.0 Å². The first-order valence-corrected chi connectivity index (χ1v) is 9.96. The van der Waals surface area contributed by atoms with Gasteiger partial charge >= 0.3 is 6.18 Å². The first-order valence-electron chi connectivity index (χ1n) is 9.58. The molecular weight excluding hydrogens is 500 g/mol. The molecule has 0 fully saturated rings. The van der Waals surface area contributed by atoms with Crippen molar-refractivity contribution in [2.24, 2.45) is 0 Å². The van der Waals surface area contributed by atoms with Crippen LogP contribution in [-0.2, 0) is 6.18 Å². The Morgan fingerprint density at radius 1 is 0.829 bits per heavy atom. The van der Waals surface area contributed by atoms with Crippen molar-refractivity contribution in [1.29, 1.82) is 0 Å². The topological polar surface area (TPSA) is 72.0 Å². The van der Waals surface area contributed by atoms with Gasteiger partial charge in [0.25, 0.3) is 5.91 Å². The van der Waals surface area contributed by atoms with E-state index in [1.165, 1.54) is 30.6 Å². The average molecular weight is 510 g/mol. The third-order valence-corrected chi connectivity index (χ3v) is 5.23. The van der Waals surface area contributed by atoms with Crippen molar-refractivity contribution < 1.29 is 35.9 Å². The number of nitrogens with zero attached hydrogens (tertiary/aromatic N) is 2. The highest BCUT2D eigenvalue weighted by Gasteiger charge is 2.34. The van der Waals surface area contributed by atoms with Gasteiger partial charge in [-0.2, -0.15) is 13.2 Å². The van der Waals surface area contributed by atoms with Crippen LogP contribution in [0.3, 0.4) is 0 Å². The lowest BCUT2D eigenvalue weighted by molar-refractivity contribution is -0.137. The quantitative estimate of drug-likeness (QED) is 0.202. The van der Waals surface area contributed by atoms with E-state index in [4.69, 9.17) is 11.6 Å². The Morgan fingerprint density at radius 2 is 1.49 bits per heavy atom. The Morgan fingerprint density at radius 3 is 2.17 bits per heavy atom. The summed E-state index contributed by atoms with van der Waals surface area (Å²) in [5, 5.41) is 1.18. The number of hydrogen-bond acceptors (Lipinski definition) is 4. The van der Waals surface area contributed by atoms with Gasteiger partial charge in [0.1, 0.15) is 0 Å². The molecule has 1 amide bonds. The van der Waals surface area contributed by atoms with Crippen LogP contribution in [0.5, 0.6) is 0 Å². The molecule has 1 N–H and O–H groups in total. The summed E-state index contributed by atoms with van der Waals surface area (Å²) in [6, 6.07) is 6.17. The molecule has 0 saturated carbocycles. The normalized spacial score (nSPS) is 11.5. The van der Waals surface area contributed by atoms with E-state index in [1.54, 1.807) is 0 Å². The second-order valence-electron chi connectivity index (χ2n) is 7.14. The summed E-state index contributed by atoms with van der Waals surface area (Å²) in [5.41, 5.74) is -3.81. The fourth-order valence-electron chi connectivity index (χ4n) is 3.22. The van der Waals surface area contributed by atoms with Crippen LogP contribution in [0.2, 0.25) is 5.02 Å². The Balaban J connectivity index is 1.72. The van der Waals surface area contributed by atoms with E-state index in [2.05, 4.69) is 9.97 Å². The lowest BCUT2D eigenvalue weighted by Gasteiger charge is -2.13. The van der Waals surface area contributed by atoms with Crippen molar-refractivity contribution >= 4 is 40.0 Å². The molecule has 12 heteroatoms. The Kier molecular flexibility index (Phi) is 6.20. The molecule has 4 aromatic rings. The number of carbonyl (C=O) groups is 2. The number of amides is 1. The number of ketones is 1. The van der Waals surface area contributed by atoms with Crippen molar-refractivity contribution in [2.75, 3.05) is 5.32 Å². The number of benzene rings is 3. The van der Waals surface area contributed by atoms with E-state index >= 15 is 4.39 Å². The zero-order valence-electron chi connectivity index (χ0n) is 17.1. The number of hydrogen-bond donors (Lipinski definition) is 1. The molecule has 0 saturated heterocycles. The molecular formula is C23H10ClF6N3O2. The zero-order valence-corrected chi connectivity index (χ0v) is 17.8. The number of nitrogens with one attached hydrogen (secondary N) is 1. The molecule has 5 nitrogen and oxygen atoms in total. The van der Waals surface area contributed by atoms with Crippen LogP contribution in [0, 0.1) is 17.5 Å². The van der Waals surface area contributed by atoms with Gasteiger partial charge < -0.3 is 5.32 Å². The molecule has 1 heterocycles. The number of fused-ring (bicyclic) bond motifs is 1. The van der Waals surface area contributed by atoms with Gasteiger partial charge in [-0.3, -0.25) is 19.6 Å². The van der Waals surface area contributed by atoms with E-state index in [9.17, 15) is 31.5 Å². The van der Waals surface area contributed by atoms with E-state index in [0.29, 0.717) is 11.6 Å². The highest BCUT2D eigenvalue weighted by Crippen LogP contribution is 2.35. The van der Waals surface area contributed by atoms with Crippen molar-refractivity contribution in [3.05, 3.63) is 99.6 Å². The fourth-order valence-corrected chi connectivity index (χ4v) is 3.45. The smallest absolute Gasteiger partial charge is 0.319 e. The van der Waals surface area contributed by atoms with Gasteiger partial charge in [-0.05, 0) is 36.4 Å². The van der Waals surface area contributed by atoms with Gasteiger partial charge in [-0.15, -0.1) is 0 Å². The van der Waals surface area contributed by atoms with E-state index in [-0.39, 0.29) is 17.1 Å². The number of anilines is 1. The lowest BCUT2D eigenvalue weighted by atomic mass is 10.0. The van der Waals surface area contributed by atoms with E-state index < -0.39 is 62.7 Å². The zero-order chi connectivity index (χ0) is 25.5. The lowest BCUT2D eigenvalue weighted by Crippen LogP contribution is -2.18. The molecule has 0 unspecified atom stereocenters. The second kappa shape index (κ2) is 8.99. The van der Waals surface area contributed by atoms with Gasteiger partial charge in [0.2, 0.25) is 0 Å². The summed E-state index contributed by atoms with van der Waals surface area (Å²) < 4.78 is 83.0. The van der Waals surface area contributed by atoms with Crippen LogP contribution in [0.15, 0.2) is 54.9 Å². The molecule has 178 valence electrons. The molecule has 0 spiro atoms. The molecule has 35 heavy (non-hydrogen) atoms. The number of alkyl halides is 3. The highest BCUT2D eigenvalue weighted by molar-refractivity contribution is 6.31. The third-order valence-electron chi connectivity index (χ3n) is 4.90. The van der Waals surface area contributed by atoms with Crippen molar-refractivity contribution in [1.82, 2.24) is 9.97 Å². The number of halogens is 7. The Hall–Kier alpha value is -3.99. The average Bonchev–Trinajstić information content (AvgIpc) is 2.81. The predicted molar refractivity (Wildman–Crippen MR) is 114 cm³/mol. The Bertz CT molecular complexity index is 1510. The van der Waals surface area contributed by atoms with Crippen molar-refractivity contribution in [2.45, 2.75) is 6.18 Å². The van der Waals surface area contributed by atoms with Crippen LogP contribution in [0.25, 0.3) is 11.0 Å². The minimum atomic E-state index is -4.88. The highest BCUT2D eigenvalue weighted by atomic mass is 35.5. The van der Waals surface area contributed by atoms with E-state index in [1.807, 2.05) is 5.32 Å². The summed E-state index contributed by atoms with van der Waals surface area (Å²) in [6.07, 6.45) is -2.16. The Labute approximate surface area is 197 Å². The fraction of sp³-hybridized carbons (Fsp3) is 0.0435. The molecule has 0 aliphatic heterocycles. The molecule has 0 bridgehead atoms. The molecule has 4 rings (SSSR count). The predicted octanol–water partition coefficient (Wildman–Crippen LogP) is 6.20. The van der Waals surface area contributed by atoms with Crippen LogP contribution < -0.4 is 5.32 Å². The van der Waals surface area contributed by atoms with Gasteiger partial charge in [0.05, 0.1) is 32.9 Å². The van der Waals surface area contributed by atoms with Crippen LogP contribution >= 0.6 is 11.6 Å². The molecule has 3 aromatic carbocycles. The monoisotopic (exact) mass is 509 g/mol. The summed E-state index contributed by atoms with van der Waals surface area (Å²) >= 11 is 5.51. The van der Waals surface area contributed by atoms with Gasteiger partial charge in [0, 0.05) is 29.6 Å². The van der Waals surface area contributed by atoms with Gasteiger partial charge in [-0.25, -0.2) is 13.2 Å². The standard InChI is InChI=1S/C23H10ClF6N3O2/c24-13-3-1-11(7-12(13)23(28,29)30)22(35)33-17-9-14(25)19(26)18(20(17)27)21(34)10-2-4-15-16(8-10)32-6-5-31-15/h1-9H,(H,33,35). The molecule has 0 aliphatic carbocycles. The first kappa shape index (κ1) is 24.1. The van der Waals surface area contributed by atoms with Crippen molar-refractivity contribution in [3.8, 4) is 0 Å². The van der Waals surface area contributed by atoms with Crippen LogP contribution in [-0.4, -0.2) is 21.7 Å². The van der Waals surface area contributed by atoms with Crippen molar-refractivity contribution in [3.63, 3.8) is 0 Å². The van der Waals surface area contributed by atoms with E-state index in [0.717, 1.165) is 12.1 Å². The summed E-state index contributed by atoms with van der Waals surface area (Å²) in [4.78, 5) is 33.3. The number of carbonyl (C=O) groups excluding carboxylic acids is 2. The maximum absolute atomic E-state index is 15.1. The second-order valence-corrected chi connectivity index (χ2v) is 7.55. The molecule has 0 aliphatic rings. The minimum Gasteiger partial charge on any atom is -0.319 e. The molecule has 1 aromatic heterocycles. The van der Waals surface area contributed by atoms with Crippen LogP contribution in [0.1, 0.15) is 31.8 Å².